The fraction of sp³-hybridized carbons (Fsp3) is 0.538. The minimum absolute atomic E-state index is 0.0392. The molecule has 0 unspecified atom stereocenters. The Morgan fingerprint density at radius 2 is 1.78 bits per heavy atom. The number of nitrogens with zero attached hydrogens (tertiary/aromatic N) is 1. The fourth-order valence-corrected chi connectivity index (χ4v) is 3.67. The molecule has 0 heterocycles. The lowest BCUT2D eigenvalue weighted by atomic mass is 10.2. The first kappa shape index (κ1) is 15.5. The average Bonchev–Trinajstić information content (AvgIpc) is 2.35. The summed E-state index contributed by atoms with van der Waals surface area (Å²) >= 11 is 5.70. The number of rotatable bonds is 6. The van der Waals surface area contributed by atoms with Crippen LogP contribution in [0.15, 0.2) is 29.2 Å². The Bertz CT molecular complexity index is 468. The van der Waals surface area contributed by atoms with E-state index in [-0.39, 0.29) is 6.04 Å². The van der Waals surface area contributed by atoms with E-state index in [0.29, 0.717) is 17.3 Å². The van der Waals surface area contributed by atoms with Crippen molar-refractivity contribution in [2.45, 2.75) is 44.0 Å². The molecular weight excluding hydrogens is 270 g/mol. The van der Waals surface area contributed by atoms with Crippen LogP contribution < -0.4 is 0 Å². The van der Waals surface area contributed by atoms with Crippen molar-refractivity contribution in [1.82, 2.24) is 4.31 Å². The molecule has 0 bridgehead atoms. The third-order valence-corrected chi connectivity index (χ3v) is 5.10. The molecule has 0 amide bonds. The first-order valence-electron chi connectivity index (χ1n) is 6.10. The molecule has 0 saturated carbocycles. The van der Waals surface area contributed by atoms with E-state index in [4.69, 9.17) is 11.6 Å². The minimum atomic E-state index is -3.40. The van der Waals surface area contributed by atoms with E-state index in [1.165, 1.54) is 4.31 Å². The summed E-state index contributed by atoms with van der Waals surface area (Å²) < 4.78 is 26.4. The van der Waals surface area contributed by atoms with Crippen molar-refractivity contribution in [3.05, 3.63) is 29.8 Å². The second-order valence-corrected chi connectivity index (χ2v) is 6.64. The Kier molecular flexibility index (Phi) is 5.63. The molecule has 0 spiro atoms. The highest BCUT2D eigenvalue weighted by molar-refractivity contribution is 7.89. The van der Waals surface area contributed by atoms with Gasteiger partial charge in [0.1, 0.15) is 0 Å². The second kappa shape index (κ2) is 6.55. The number of benzene rings is 1. The minimum Gasteiger partial charge on any atom is -0.207 e. The molecule has 3 nitrogen and oxygen atoms in total. The van der Waals surface area contributed by atoms with Crippen LogP contribution in [0.1, 0.15) is 32.8 Å². The quantitative estimate of drug-likeness (QED) is 0.754. The van der Waals surface area contributed by atoms with Crippen LogP contribution in [-0.2, 0) is 15.9 Å². The summed E-state index contributed by atoms with van der Waals surface area (Å²) in [7, 11) is -3.40. The van der Waals surface area contributed by atoms with Crippen molar-refractivity contribution in [1.29, 1.82) is 0 Å². The monoisotopic (exact) mass is 289 g/mol. The van der Waals surface area contributed by atoms with Gasteiger partial charge < -0.3 is 0 Å². The third-order valence-electron chi connectivity index (χ3n) is 2.70. The fourth-order valence-electron chi connectivity index (χ4n) is 1.76. The number of halogens is 1. The highest BCUT2D eigenvalue weighted by Gasteiger charge is 2.25. The number of hydrogen-bond acceptors (Lipinski definition) is 2. The van der Waals surface area contributed by atoms with Gasteiger partial charge in [0.2, 0.25) is 10.0 Å². The van der Waals surface area contributed by atoms with Crippen LogP contribution in [0.5, 0.6) is 0 Å². The predicted octanol–water partition coefficient (Wildman–Crippen LogP) is 3.23. The van der Waals surface area contributed by atoms with E-state index < -0.39 is 10.0 Å². The van der Waals surface area contributed by atoms with Gasteiger partial charge in [-0.1, -0.05) is 19.1 Å². The smallest absolute Gasteiger partial charge is 0.207 e. The van der Waals surface area contributed by atoms with E-state index in [1.807, 2.05) is 20.8 Å². The number of sulfonamides is 1. The van der Waals surface area contributed by atoms with Gasteiger partial charge >= 0.3 is 0 Å². The van der Waals surface area contributed by atoms with Gasteiger partial charge in [0, 0.05) is 18.5 Å². The third kappa shape index (κ3) is 3.46. The molecule has 0 atom stereocenters. The molecule has 1 aromatic carbocycles. The van der Waals surface area contributed by atoms with Gasteiger partial charge in [-0.2, -0.15) is 4.31 Å². The van der Waals surface area contributed by atoms with Crippen LogP contribution >= 0.6 is 11.6 Å². The van der Waals surface area contributed by atoms with Gasteiger partial charge in [0.15, 0.2) is 0 Å². The lowest BCUT2D eigenvalue weighted by Crippen LogP contribution is -2.37. The van der Waals surface area contributed by atoms with Crippen LogP contribution in [0.2, 0.25) is 0 Å². The second-order valence-electron chi connectivity index (χ2n) is 4.49. The van der Waals surface area contributed by atoms with E-state index in [0.717, 1.165) is 12.0 Å². The molecule has 5 heteroatoms. The maximum atomic E-state index is 12.5. The Morgan fingerprint density at radius 1 is 1.22 bits per heavy atom. The van der Waals surface area contributed by atoms with Crippen molar-refractivity contribution in [2.24, 2.45) is 0 Å². The van der Waals surface area contributed by atoms with E-state index in [1.54, 1.807) is 24.3 Å². The molecule has 0 radical (unpaired) electrons. The molecule has 0 aliphatic rings. The van der Waals surface area contributed by atoms with E-state index in [2.05, 4.69) is 0 Å². The van der Waals surface area contributed by atoms with Gasteiger partial charge in [-0.05, 0) is 38.0 Å². The van der Waals surface area contributed by atoms with Crippen molar-refractivity contribution in [3.63, 3.8) is 0 Å². The Morgan fingerprint density at radius 3 is 2.17 bits per heavy atom. The summed E-state index contributed by atoms with van der Waals surface area (Å²) in [4.78, 5) is 0.332. The SMILES string of the molecule is CCCN(C(C)C)S(=O)(=O)c1ccc(CCl)cc1. The molecule has 0 N–H and O–H groups in total. The van der Waals surface area contributed by atoms with Gasteiger partial charge in [-0.25, -0.2) is 8.42 Å². The number of hydrogen-bond donors (Lipinski definition) is 0. The maximum absolute atomic E-state index is 12.5. The summed E-state index contributed by atoms with van der Waals surface area (Å²) in [6.45, 7) is 6.29. The van der Waals surface area contributed by atoms with Crippen LogP contribution in [0, 0.1) is 0 Å². The Balaban J connectivity index is 3.09. The zero-order chi connectivity index (χ0) is 13.8. The highest BCUT2D eigenvalue weighted by Crippen LogP contribution is 2.19. The first-order valence-corrected chi connectivity index (χ1v) is 8.07. The van der Waals surface area contributed by atoms with Crippen LogP contribution in [0.3, 0.4) is 0 Å². The summed E-state index contributed by atoms with van der Waals surface area (Å²) in [5, 5.41) is 0. The largest absolute Gasteiger partial charge is 0.243 e. The lowest BCUT2D eigenvalue weighted by Gasteiger charge is -2.25. The zero-order valence-electron chi connectivity index (χ0n) is 11.1. The molecule has 0 aromatic heterocycles. The predicted molar refractivity (Wildman–Crippen MR) is 75.3 cm³/mol. The van der Waals surface area contributed by atoms with Crippen molar-refractivity contribution >= 4 is 21.6 Å². The Hall–Kier alpha value is -0.580. The van der Waals surface area contributed by atoms with Crippen molar-refractivity contribution < 1.29 is 8.42 Å². The summed E-state index contributed by atoms with van der Waals surface area (Å²) in [5.74, 6) is 0.392. The highest BCUT2D eigenvalue weighted by atomic mass is 35.5. The van der Waals surface area contributed by atoms with Gasteiger partial charge in [0.05, 0.1) is 4.90 Å². The molecule has 0 saturated heterocycles. The first-order chi connectivity index (χ1) is 8.43. The van der Waals surface area contributed by atoms with E-state index >= 15 is 0 Å². The van der Waals surface area contributed by atoms with Crippen molar-refractivity contribution in [2.75, 3.05) is 6.54 Å². The van der Waals surface area contributed by atoms with Crippen LogP contribution in [0.25, 0.3) is 0 Å². The van der Waals surface area contributed by atoms with Crippen molar-refractivity contribution in [3.8, 4) is 0 Å². The van der Waals surface area contributed by atoms with Crippen LogP contribution in [0.4, 0.5) is 0 Å². The van der Waals surface area contributed by atoms with Gasteiger partial charge in [0.25, 0.3) is 0 Å². The number of alkyl halides is 1. The molecule has 1 aromatic rings. The lowest BCUT2D eigenvalue weighted by molar-refractivity contribution is 0.354. The van der Waals surface area contributed by atoms with Gasteiger partial charge in [-0.3, -0.25) is 0 Å². The molecule has 102 valence electrons. The molecule has 0 aliphatic heterocycles. The molecular formula is C13H20ClNO2S. The molecule has 0 aliphatic carbocycles. The topological polar surface area (TPSA) is 37.4 Å². The molecule has 0 fully saturated rings. The average molecular weight is 290 g/mol. The normalized spacial score (nSPS) is 12.3. The van der Waals surface area contributed by atoms with Crippen LogP contribution in [-0.4, -0.2) is 25.3 Å². The maximum Gasteiger partial charge on any atom is 0.243 e. The zero-order valence-corrected chi connectivity index (χ0v) is 12.6. The molecule has 1 rings (SSSR count). The summed E-state index contributed by atoms with van der Waals surface area (Å²) in [6, 6.07) is 6.72. The van der Waals surface area contributed by atoms with Gasteiger partial charge in [-0.15, -0.1) is 11.6 Å². The molecule has 18 heavy (non-hydrogen) atoms. The standard InChI is InChI=1S/C13H20ClNO2S/c1-4-9-15(11(2)3)18(16,17)13-7-5-12(10-14)6-8-13/h5-8,11H,4,9-10H2,1-3H3. The summed E-state index contributed by atoms with van der Waals surface area (Å²) in [6.07, 6.45) is 0.803. The van der Waals surface area contributed by atoms with E-state index in [9.17, 15) is 8.42 Å². The summed E-state index contributed by atoms with van der Waals surface area (Å²) in [5.41, 5.74) is 0.919. The Labute approximate surface area is 115 Å².